The van der Waals surface area contributed by atoms with Crippen LogP contribution in [-0.4, -0.2) is 32.7 Å². The number of ether oxygens (including phenoxy) is 1. The number of rotatable bonds is 0. The molecule has 1 aromatic carbocycles. The molecule has 0 aliphatic carbocycles. The van der Waals surface area contributed by atoms with Gasteiger partial charge in [-0.25, -0.2) is 18.3 Å². The lowest BCUT2D eigenvalue weighted by Gasteiger charge is -2.25. The van der Waals surface area contributed by atoms with Crippen LogP contribution in [0, 0.1) is 11.6 Å². The smallest absolute Gasteiger partial charge is 0.256 e. The molecular formula is C19H17F2N5O2. The maximum Gasteiger partial charge on any atom is 0.256 e. The molecule has 2 aromatic heterocycles. The Hall–Kier alpha value is -3.23. The number of carbonyl (C=O) groups is 1. The van der Waals surface area contributed by atoms with Crippen LogP contribution in [0.1, 0.15) is 41.4 Å². The lowest BCUT2D eigenvalue weighted by Crippen LogP contribution is -2.44. The number of fused-ring (bicyclic) bond motifs is 2. The van der Waals surface area contributed by atoms with Gasteiger partial charge in [-0.05, 0) is 26.0 Å². The highest BCUT2D eigenvalue weighted by Crippen LogP contribution is 2.43. The van der Waals surface area contributed by atoms with E-state index < -0.39 is 23.3 Å². The lowest BCUT2D eigenvalue weighted by atomic mass is 9.96. The molecule has 2 N–H and O–H groups in total. The van der Waals surface area contributed by atoms with Crippen LogP contribution in [0.3, 0.4) is 0 Å². The molecule has 144 valence electrons. The van der Waals surface area contributed by atoms with E-state index in [-0.39, 0.29) is 18.0 Å². The SMILES string of the molecule is C[C@H]1Nc2ccn3ncc(c3n2)C(=O)NC[C@]2(C)Cc3cc(F)c(F)c1c3O2. The van der Waals surface area contributed by atoms with E-state index in [0.717, 1.165) is 0 Å². The van der Waals surface area contributed by atoms with Gasteiger partial charge < -0.3 is 15.4 Å². The molecule has 0 unspecified atom stereocenters. The number of halogens is 2. The Bertz CT molecular complexity index is 1150. The first-order chi connectivity index (χ1) is 13.3. The summed E-state index contributed by atoms with van der Waals surface area (Å²) in [6.07, 6.45) is 3.45. The average Bonchev–Trinajstić information content (AvgIpc) is 3.20. The van der Waals surface area contributed by atoms with Crippen molar-refractivity contribution in [3.63, 3.8) is 0 Å². The summed E-state index contributed by atoms with van der Waals surface area (Å²) in [4.78, 5) is 17.1. The largest absolute Gasteiger partial charge is 0.485 e. The second-order valence-electron chi connectivity index (χ2n) is 7.49. The minimum Gasteiger partial charge on any atom is -0.485 e. The Morgan fingerprint density at radius 3 is 3.04 bits per heavy atom. The summed E-state index contributed by atoms with van der Waals surface area (Å²) in [7, 11) is 0. The van der Waals surface area contributed by atoms with E-state index in [1.165, 1.54) is 16.8 Å². The molecule has 1 amide bonds. The molecule has 0 spiro atoms. The predicted octanol–water partition coefficient (Wildman–Crippen LogP) is 2.62. The van der Waals surface area contributed by atoms with Crippen LogP contribution in [-0.2, 0) is 6.42 Å². The molecule has 0 radical (unpaired) electrons. The molecule has 9 heteroatoms. The second kappa shape index (κ2) is 5.63. The van der Waals surface area contributed by atoms with Crippen molar-refractivity contribution in [2.24, 2.45) is 0 Å². The zero-order chi connectivity index (χ0) is 19.6. The third kappa shape index (κ3) is 2.42. The van der Waals surface area contributed by atoms with Crippen molar-refractivity contribution in [2.75, 3.05) is 11.9 Å². The number of nitrogens with one attached hydrogen (secondary N) is 2. The predicted molar refractivity (Wildman–Crippen MR) is 96.5 cm³/mol. The van der Waals surface area contributed by atoms with Crippen molar-refractivity contribution in [2.45, 2.75) is 31.9 Å². The number of carbonyl (C=O) groups excluding carboxylic acids is 1. The number of aromatic nitrogens is 3. The standard InChI is InChI=1S/C19H17F2N5O2/c1-9-14-15(21)12(20)5-10-6-19(2,28-16(10)14)8-22-18(27)11-7-23-26-4-3-13(24-9)25-17(11)26/h3-5,7,9H,6,8H2,1-2H3,(H,22,27)(H,24,25)/t9-,19+/m1/s1. The summed E-state index contributed by atoms with van der Waals surface area (Å²) in [5, 5.41) is 10.1. The summed E-state index contributed by atoms with van der Waals surface area (Å²) in [6.45, 7) is 3.68. The van der Waals surface area contributed by atoms with Crippen molar-refractivity contribution < 1.29 is 18.3 Å². The van der Waals surface area contributed by atoms with Gasteiger partial charge >= 0.3 is 0 Å². The molecule has 28 heavy (non-hydrogen) atoms. The van der Waals surface area contributed by atoms with Crippen LogP contribution in [0.4, 0.5) is 14.6 Å². The molecule has 2 aliphatic heterocycles. The van der Waals surface area contributed by atoms with Crippen LogP contribution in [0.5, 0.6) is 5.75 Å². The minimum atomic E-state index is -0.951. The van der Waals surface area contributed by atoms with Crippen molar-refractivity contribution in [3.8, 4) is 5.75 Å². The number of hydrogen-bond donors (Lipinski definition) is 2. The van der Waals surface area contributed by atoms with Crippen molar-refractivity contribution >= 4 is 17.4 Å². The van der Waals surface area contributed by atoms with E-state index >= 15 is 0 Å². The van der Waals surface area contributed by atoms with Crippen molar-refractivity contribution in [3.05, 3.63) is 52.9 Å². The Kier molecular flexibility index (Phi) is 3.40. The van der Waals surface area contributed by atoms with Gasteiger partial charge in [-0.1, -0.05) is 0 Å². The quantitative estimate of drug-likeness (QED) is 0.622. The van der Waals surface area contributed by atoms with Crippen LogP contribution < -0.4 is 15.4 Å². The number of hydrogen-bond acceptors (Lipinski definition) is 5. The minimum absolute atomic E-state index is 0.111. The summed E-state index contributed by atoms with van der Waals surface area (Å²) >= 11 is 0. The molecule has 3 aromatic rings. The van der Waals surface area contributed by atoms with Crippen LogP contribution in [0.15, 0.2) is 24.5 Å². The van der Waals surface area contributed by atoms with E-state index in [1.54, 1.807) is 26.1 Å². The number of anilines is 1. The Balaban J connectivity index is 1.70. The van der Waals surface area contributed by atoms with Gasteiger partial charge in [0.15, 0.2) is 17.3 Å². The van der Waals surface area contributed by atoms with Gasteiger partial charge in [0.1, 0.15) is 22.7 Å². The molecule has 0 saturated carbocycles. The normalized spacial score (nSPS) is 23.4. The van der Waals surface area contributed by atoms with Crippen LogP contribution in [0.2, 0.25) is 0 Å². The maximum atomic E-state index is 14.7. The molecular weight excluding hydrogens is 368 g/mol. The first kappa shape index (κ1) is 16.9. The molecule has 2 atom stereocenters. The van der Waals surface area contributed by atoms with E-state index in [9.17, 15) is 13.6 Å². The third-order valence-corrected chi connectivity index (χ3v) is 5.23. The van der Waals surface area contributed by atoms with Gasteiger partial charge in [0.25, 0.3) is 5.91 Å². The van der Waals surface area contributed by atoms with Crippen LogP contribution in [0.25, 0.3) is 5.65 Å². The fourth-order valence-electron chi connectivity index (χ4n) is 3.87. The fraction of sp³-hybridized carbons (Fsp3) is 0.316. The molecule has 4 bridgehead atoms. The molecule has 7 nitrogen and oxygen atoms in total. The van der Waals surface area contributed by atoms with E-state index in [4.69, 9.17) is 4.74 Å². The van der Waals surface area contributed by atoms with Crippen molar-refractivity contribution in [1.29, 1.82) is 0 Å². The number of nitrogens with zero attached hydrogens (tertiary/aromatic N) is 3. The van der Waals surface area contributed by atoms with Gasteiger partial charge in [-0.3, -0.25) is 4.79 Å². The Morgan fingerprint density at radius 2 is 2.21 bits per heavy atom. The summed E-state index contributed by atoms with van der Waals surface area (Å²) in [5.74, 6) is -1.49. The van der Waals surface area contributed by atoms with Gasteiger partial charge in [0.2, 0.25) is 0 Å². The van der Waals surface area contributed by atoms with Gasteiger partial charge in [0, 0.05) is 18.2 Å². The molecule has 2 aliphatic rings. The van der Waals surface area contributed by atoms with E-state index in [2.05, 4.69) is 20.7 Å². The monoisotopic (exact) mass is 385 g/mol. The summed E-state index contributed by atoms with van der Waals surface area (Å²) in [6, 6.07) is 2.21. The number of amides is 1. The topological polar surface area (TPSA) is 80.5 Å². The Labute approximate surface area is 158 Å². The maximum absolute atomic E-state index is 14.7. The highest BCUT2D eigenvalue weighted by molar-refractivity contribution is 5.99. The number of benzene rings is 1. The fourth-order valence-corrected chi connectivity index (χ4v) is 3.87. The average molecular weight is 385 g/mol. The van der Waals surface area contributed by atoms with Gasteiger partial charge in [0.05, 0.1) is 24.3 Å². The van der Waals surface area contributed by atoms with E-state index in [0.29, 0.717) is 34.8 Å². The first-order valence-electron chi connectivity index (χ1n) is 8.93. The molecule has 4 heterocycles. The second-order valence-corrected chi connectivity index (χ2v) is 7.49. The van der Waals surface area contributed by atoms with Gasteiger partial charge in [-0.2, -0.15) is 5.10 Å². The Morgan fingerprint density at radius 1 is 1.39 bits per heavy atom. The van der Waals surface area contributed by atoms with E-state index in [1.807, 2.05) is 0 Å². The highest BCUT2D eigenvalue weighted by Gasteiger charge is 2.40. The summed E-state index contributed by atoms with van der Waals surface area (Å²) < 4.78 is 36.5. The van der Waals surface area contributed by atoms with Crippen LogP contribution >= 0.6 is 0 Å². The first-order valence-corrected chi connectivity index (χ1v) is 8.93. The summed E-state index contributed by atoms with van der Waals surface area (Å²) in [5.41, 5.74) is 0.560. The molecule has 0 saturated heterocycles. The molecule has 0 fully saturated rings. The van der Waals surface area contributed by atoms with Gasteiger partial charge in [-0.15, -0.1) is 0 Å². The third-order valence-electron chi connectivity index (χ3n) is 5.23. The molecule has 5 rings (SSSR count). The van der Waals surface area contributed by atoms with Crippen molar-refractivity contribution in [1.82, 2.24) is 19.9 Å². The zero-order valence-corrected chi connectivity index (χ0v) is 15.2. The zero-order valence-electron chi connectivity index (χ0n) is 15.2. The highest BCUT2D eigenvalue weighted by atomic mass is 19.2. The lowest BCUT2D eigenvalue weighted by molar-refractivity contribution is 0.0838.